The Hall–Kier alpha value is -1.60. The lowest BCUT2D eigenvalue weighted by atomic mass is 10.1. The molecule has 0 radical (unpaired) electrons. The minimum absolute atomic E-state index is 0.218. The number of isocyanates is 1. The van der Waals surface area contributed by atoms with E-state index in [1.54, 1.807) is 12.1 Å². The quantitative estimate of drug-likeness (QED) is 0.565. The van der Waals surface area contributed by atoms with E-state index in [-0.39, 0.29) is 12.3 Å². The van der Waals surface area contributed by atoms with Gasteiger partial charge in [0.1, 0.15) is 5.75 Å². The highest BCUT2D eigenvalue weighted by molar-refractivity contribution is 5.36. The minimum Gasteiger partial charge on any atom is -0.508 e. The lowest BCUT2D eigenvalue weighted by molar-refractivity contribution is 0.473. The molecule has 0 spiro atoms. The Morgan fingerprint density at radius 1 is 1.38 bits per heavy atom. The molecule has 1 aromatic rings. The van der Waals surface area contributed by atoms with Gasteiger partial charge < -0.3 is 5.11 Å². The van der Waals surface area contributed by atoms with E-state index in [0.29, 0.717) is 0 Å². The van der Waals surface area contributed by atoms with Gasteiger partial charge in [-0.25, -0.2) is 9.79 Å². The summed E-state index contributed by atoms with van der Waals surface area (Å²) in [5.74, 6) is 0.218. The van der Waals surface area contributed by atoms with Crippen LogP contribution in [0.2, 0.25) is 0 Å². The average molecular weight is 177 g/mol. The van der Waals surface area contributed by atoms with Gasteiger partial charge in [-0.1, -0.05) is 13.0 Å². The Balaban J connectivity index is 2.93. The molecule has 0 bridgehead atoms. The summed E-state index contributed by atoms with van der Waals surface area (Å²) in [4.78, 5) is 13.3. The Morgan fingerprint density at radius 3 is 2.69 bits per heavy atom. The Morgan fingerprint density at radius 2 is 2.08 bits per heavy atom. The van der Waals surface area contributed by atoms with Crippen molar-refractivity contribution in [2.75, 3.05) is 0 Å². The summed E-state index contributed by atoms with van der Waals surface area (Å²) in [5, 5.41) is 9.28. The maximum Gasteiger partial charge on any atom is 0.235 e. The van der Waals surface area contributed by atoms with Crippen molar-refractivity contribution < 1.29 is 9.90 Å². The standard InChI is InChI=1S/C10H11NO2/c1-2-8-3-9(6-11-7-12)5-10(13)4-8/h3-5,13H,2,6H2,1H3. The zero-order valence-electron chi connectivity index (χ0n) is 7.45. The van der Waals surface area contributed by atoms with Crippen LogP contribution >= 0.6 is 0 Å². The molecule has 3 heteroatoms. The second-order valence-electron chi connectivity index (χ2n) is 2.77. The van der Waals surface area contributed by atoms with E-state index in [9.17, 15) is 9.90 Å². The van der Waals surface area contributed by atoms with Gasteiger partial charge in [0, 0.05) is 0 Å². The summed E-state index contributed by atoms with van der Waals surface area (Å²) in [6, 6.07) is 5.22. The fourth-order valence-electron chi connectivity index (χ4n) is 1.16. The maximum atomic E-state index is 9.86. The summed E-state index contributed by atoms with van der Waals surface area (Å²) >= 11 is 0. The number of benzene rings is 1. The summed E-state index contributed by atoms with van der Waals surface area (Å²) < 4.78 is 0. The van der Waals surface area contributed by atoms with Crippen molar-refractivity contribution in [3.8, 4) is 5.75 Å². The molecule has 0 aromatic heterocycles. The number of aryl methyl sites for hydroxylation is 1. The largest absolute Gasteiger partial charge is 0.508 e. The first-order chi connectivity index (χ1) is 6.26. The molecule has 3 nitrogen and oxygen atoms in total. The Bertz CT molecular complexity index is 341. The van der Waals surface area contributed by atoms with Crippen LogP contribution in [0, 0.1) is 0 Å². The zero-order chi connectivity index (χ0) is 9.68. The van der Waals surface area contributed by atoms with E-state index in [2.05, 4.69) is 4.99 Å². The van der Waals surface area contributed by atoms with Crippen molar-refractivity contribution in [3.05, 3.63) is 29.3 Å². The van der Waals surface area contributed by atoms with Crippen LogP contribution < -0.4 is 0 Å². The van der Waals surface area contributed by atoms with Crippen LogP contribution in [0.3, 0.4) is 0 Å². The number of phenols is 1. The maximum absolute atomic E-state index is 9.86. The van der Waals surface area contributed by atoms with Gasteiger partial charge in [0.25, 0.3) is 0 Å². The van der Waals surface area contributed by atoms with Crippen LogP contribution in [0.4, 0.5) is 0 Å². The van der Waals surface area contributed by atoms with E-state index in [1.807, 2.05) is 13.0 Å². The topological polar surface area (TPSA) is 49.7 Å². The SMILES string of the molecule is CCc1cc(O)cc(CN=C=O)c1. The number of hydrogen-bond donors (Lipinski definition) is 1. The molecular weight excluding hydrogens is 166 g/mol. The van der Waals surface area contributed by atoms with Crippen molar-refractivity contribution in [3.63, 3.8) is 0 Å². The van der Waals surface area contributed by atoms with Gasteiger partial charge in [-0.2, -0.15) is 0 Å². The van der Waals surface area contributed by atoms with Crippen molar-refractivity contribution >= 4 is 6.08 Å². The fraction of sp³-hybridized carbons (Fsp3) is 0.300. The lowest BCUT2D eigenvalue weighted by Crippen LogP contribution is -1.86. The van der Waals surface area contributed by atoms with Gasteiger partial charge in [-0.05, 0) is 29.7 Å². The first-order valence-electron chi connectivity index (χ1n) is 4.11. The number of rotatable bonds is 3. The monoisotopic (exact) mass is 177 g/mol. The van der Waals surface area contributed by atoms with Gasteiger partial charge in [-0.15, -0.1) is 0 Å². The highest BCUT2D eigenvalue weighted by Crippen LogP contribution is 2.16. The molecule has 13 heavy (non-hydrogen) atoms. The number of aromatic hydroxyl groups is 1. The Kier molecular flexibility index (Phi) is 3.23. The molecule has 0 aliphatic rings. The van der Waals surface area contributed by atoms with Crippen LogP contribution in [-0.2, 0) is 17.8 Å². The van der Waals surface area contributed by atoms with Gasteiger partial charge >= 0.3 is 0 Å². The average Bonchev–Trinajstić information content (AvgIpc) is 2.14. The summed E-state index contributed by atoms with van der Waals surface area (Å²) in [6.45, 7) is 2.28. The highest BCUT2D eigenvalue weighted by atomic mass is 16.3. The van der Waals surface area contributed by atoms with Crippen molar-refractivity contribution in [2.45, 2.75) is 19.9 Å². The number of hydrogen-bond acceptors (Lipinski definition) is 3. The summed E-state index contributed by atoms with van der Waals surface area (Å²) in [7, 11) is 0. The van der Waals surface area contributed by atoms with E-state index in [1.165, 1.54) is 6.08 Å². The molecule has 0 saturated heterocycles. The third-order valence-corrected chi connectivity index (χ3v) is 1.77. The number of nitrogens with zero attached hydrogens (tertiary/aromatic N) is 1. The number of carbonyl (C=O) groups excluding carboxylic acids is 1. The minimum atomic E-state index is 0.218. The van der Waals surface area contributed by atoms with Gasteiger partial charge in [0.05, 0.1) is 6.54 Å². The molecule has 0 heterocycles. The Labute approximate surface area is 76.7 Å². The molecule has 1 aromatic carbocycles. The predicted molar refractivity (Wildman–Crippen MR) is 49.3 cm³/mol. The molecule has 0 atom stereocenters. The second-order valence-corrected chi connectivity index (χ2v) is 2.77. The zero-order valence-corrected chi connectivity index (χ0v) is 7.45. The van der Waals surface area contributed by atoms with E-state index in [0.717, 1.165) is 17.5 Å². The van der Waals surface area contributed by atoms with Crippen LogP contribution in [0.25, 0.3) is 0 Å². The first kappa shape index (κ1) is 9.49. The van der Waals surface area contributed by atoms with Gasteiger partial charge in [0.2, 0.25) is 6.08 Å². The van der Waals surface area contributed by atoms with Crippen LogP contribution in [0.1, 0.15) is 18.1 Å². The van der Waals surface area contributed by atoms with E-state index < -0.39 is 0 Å². The van der Waals surface area contributed by atoms with Crippen molar-refractivity contribution in [1.29, 1.82) is 0 Å². The van der Waals surface area contributed by atoms with Crippen molar-refractivity contribution in [2.24, 2.45) is 4.99 Å². The molecule has 0 aliphatic carbocycles. The number of aliphatic imine (C=N–C) groups is 1. The normalized spacial score (nSPS) is 9.31. The molecule has 0 amide bonds. The molecular formula is C10H11NO2. The van der Waals surface area contributed by atoms with Crippen LogP contribution in [0.15, 0.2) is 23.2 Å². The molecule has 68 valence electrons. The first-order valence-corrected chi connectivity index (χ1v) is 4.11. The van der Waals surface area contributed by atoms with Crippen LogP contribution in [0.5, 0.6) is 5.75 Å². The smallest absolute Gasteiger partial charge is 0.235 e. The molecule has 0 unspecified atom stereocenters. The van der Waals surface area contributed by atoms with E-state index in [4.69, 9.17) is 0 Å². The second kappa shape index (κ2) is 4.43. The lowest BCUT2D eigenvalue weighted by Gasteiger charge is -2.01. The van der Waals surface area contributed by atoms with Gasteiger partial charge in [-0.3, -0.25) is 0 Å². The van der Waals surface area contributed by atoms with Crippen LogP contribution in [-0.4, -0.2) is 11.2 Å². The third-order valence-electron chi connectivity index (χ3n) is 1.77. The molecule has 0 aliphatic heterocycles. The van der Waals surface area contributed by atoms with E-state index >= 15 is 0 Å². The third kappa shape index (κ3) is 2.73. The molecule has 1 rings (SSSR count). The predicted octanol–water partition coefficient (Wildman–Crippen LogP) is 1.79. The fourth-order valence-corrected chi connectivity index (χ4v) is 1.16. The molecule has 1 N–H and O–H groups in total. The molecule has 0 fully saturated rings. The summed E-state index contributed by atoms with van der Waals surface area (Å²) in [5.41, 5.74) is 1.87. The number of phenolic OH excluding ortho intramolecular Hbond substituents is 1. The molecule has 0 saturated carbocycles. The van der Waals surface area contributed by atoms with Crippen molar-refractivity contribution in [1.82, 2.24) is 0 Å². The summed E-state index contributed by atoms with van der Waals surface area (Å²) in [6.07, 6.45) is 2.32. The van der Waals surface area contributed by atoms with Gasteiger partial charge in [0.15, 0.2) is 0 Å². The highest BCUT2D eigenvalue weighted by Gasteiger charge is 1.97.